The Labute approximate surface area is 164 Å². The van der Waals surface area contributed by atoms with Gasteiger partial charge in [-0.05, 0) is 31.5 Å². The maximum Gasteiger partial charge on any atom is 0.330 e. The van der Waals surface area contributed by atoms with E-state index in [0.29, 0.717) is 17.5 Å². The van der Waals surface area contributed by atoms with Gasteiger partial charge < -0.3 is 9.64 Å². The zero-order chi connectivity index (χ0) is 20.1. The maximum absolute atomic E-state index is 13.3. The Morgan fingerprint density at radius 1 is 1.11 bits per heavy atom. The van der Waals surface area contributed by atoms with E-state index in [0.717, 1.165) is 0 Å². The molecule has 28 heavy (non-hydrogen) atoms. The summed E-state index contributed by atoms with van der Waals surface area (Å²) in [6.45, 7) is 2.16. The predicted octanol–water partition coefficient (Wildman–Crippen LogP) is 3.12. The smallest absolute Gasteiger partial charge is 0.330 e. The number of ether oxygens (including phenoxy) is 1. The van der Waals surface area contributed by atoms with Gasteiger partial charge in [-0.1, -0.05) is 42.5 Å². The summed E-state index contributed by atoms with van der Waals surface area (Å²) in [5, 5.41) is -1.09. The maximum atomic E-state index is 13.3. The van der Waals surface area contributed by atoms with Crippen molar-refractivity contribution < 1.29 is 22.7 Å². The molecule has 1 heterocycles. The highest BCUT2D eigenvalue weighted by Crippen LogP contribution is 2.40. The second-order valence-corrected chi connectivity index (χ2v) is 8.25. The fraction of sp³-hybridized carbons (Fsp3) is 0.238. The molecule has 2 aromatic rings. The molecule has 7 heteroatoms. The van der Waals surface area contributed by atoms with Crippen LogP contribution in [0.5, 0.6) is 0 Å². The average Bonchev–Trinajstić information content (AvgIpc) is 2.99. The number of carbonyl (C=O) groups excluding carboxylic acids is 2. The lowest BCUT2D eigenvalue weighted by atomic mass is 10.1. The quantitative estimate of drug-likeness (QED) is 0.528. The number of carbonyl (C=O) groups is 2. The van der Waals surface area contributed by atoms with Gasteiger partial charge in [-0.15, -0.1) is 0 Å². The predicted molar refractivity (Wildman–Crippen MR) is 104 cm³/mol. The molecule has 1 aliphatic heterocycles. The first-order valence-corrected chi connectivity index (χ1v) is 10.5. The van der Waals surface area contributed by atoms with E-state index in [2.05, 4.69) is 0 Å². The Morgan fingerprint density at radius 3 is 2.50 bits per heavy atom. The number of benzene rings is 2. The van der Waals surface area contributed by atoms with Crippen molar-refractivity contribution in [2.24, 2.45) is 0 Å². The summed E-state index contributed by atoms with van der Waals surface area (Å²) >= 11 is 0. The number of hydrogen-bond donors (Lipinski definition) is 0. The summed E-state index contributed by atoms with van der Waals surface area (Å²) < 4.78 is 31.4. The van der Waals surface area contributed by atoms with Gasteiger partial charge in [0.05, 0.1) is 11.5 Å². The molecule has 0 fully saturated rings. The van der Waals surface area contributed by atoms with Crippen molar-refractivity contribution in [1.29, 1.82) is 0 Å². The first-order valence-electron chi connectivity index (χ1n) is 8.99. The minimum absolute atomic E-state index is 0.163. The molecule has 0 aliphatic carbocycles. The summed E-state index contributed by atoms with van der Waals surface area (Å²) in [5.74, 6) is -0.795. The summed E-state index contributed by atoms with van der Waals surface area (Å²) in [6, 6.07) is 14.9. The van der Waals surface area contributed by atoms with E-state index in [-0.39, 0.29) is 24.0 Å². The van der Waals surface area contributed by atoms with Crippen molar-refractivity contribution >= 4 is 21.7 Å². The van der Waals surface area contributed by atoms with Crippen LogP contribution in [0.3, 0.4) is 0 Å². The number of rotatable bonds is 7. The standard InChI is InChI=1S/C21H21NO5S/c1-2-27-19(23)14-8-9-15-22-20(24)17-12-6-7-13-18(17)21(22)28(25,26)16-10-4-3-5-11-16/h3-8,10-14,21H,2,9,15H2,1H3/b14-8+. The molecule has 0 radical (unpaired) electrons. The van der Waals surface area contributed by atoms with Gasteiger partial charge >= 0.3 is 5.97 Å². The van der Waals surface area contributed by atoms with Crippen LogP contribution in [0.15, 0.2) is 71.6 Å². The highest BCUT2D eigenvalue weighted by Gasteiger charge is 2.44. The van der Waals surface area contributed by atoms with Crippen LogP contribution < -0.4 is 0 Å². The third-order valence-electron chi connectivity index (χ3n) is 4.44. The summed E-state index contributed by atoms with van der Waals surface area (Å²) in [5.41, 5.74) is 0.868. The number of hydrogen-bond acceptors (Lipinski definition) is 5. The highest BCUT2D eigenvalue weighted by atomic mass is 32.2. The zero-order valence-electron chi connectivity index (χ0n) is 15.4. The van der Waals surface area contributed by atoms with Gasteiger partial charge in [0.15, 0.2) is 5.37 Å². The number of sulfone groups is 1. The molecular weight excluding hydrogens is 378 g/mol. The lowest BCUT2D eigenvalue weighted by molar-refractivity contribution is -0.137. The molecule has 1 aliphatic rings. The van der Waals surface area contributed by atoms with E-state index in [4.69, 9.17) is 4.74 Å². The van der Waals surface area contributed by atoms with Crippen molar-refractivity contribution in [3.63, 3.8) is 0 Å². The molecule has 0 bridgehead atoms. The topological polar surface area (TPSA) is 80.8 Å². The average molecular weight is 399 g/mol. The lowest BCUT2D eigenvalue weighted by Gasteiger charge is -2.25. The minimum atomic E-state index is -3.81. The molecule has 1 atom stereocenters. The molecule has 0 aromatic heterocycles. The van der Waals surface area contributed by atoms with E-state index < -0.39 is 21.2 Å². The number of fused-ring (bicyclic) bond motifs is 1. The Hall–Kier alpha value is -2.93. The molecule has 3 rings (SSSR count). The SMILES string of the molecule is CCOC(=O)/C=C/CCN1C(=O)c2ccccc2C1S(=O)(=O)c1ccccc1. The molecule has 0 N–H and O–H groups in total. The normalized spacial score (nSPS) is 16.4. The number of nitrogens with zero attached hydrogens (tertiary/aromatic N) is 1. The second kappa shape index (κ2) is 8.39. The van der Waals surface area contributed by atoms with Gasteiger partial charge in [0.2, 0.25) is 9.84 Å². The number of amides is 1. The minimum Gasteiger partial charge on any atom is -0.463 e. The van der Waals surface area contributed by atoms with Crippen LogP contribution in [0.25, 0.3) is 0 Å². The van der Waals surface area contributed by atoms with Crippen LogP contribution in [-0.2, 0) is 19.4 Å². The molecule has 1 unspecified atom stereocenters. The van der Waals surface area contributed by atoms with E-state index >= 15 is 0 Å². The van der Waals surface area contributed by atoms with Gasteiger partial charge in [0.1, 0.15) is 0 Å². The van der Waals surface area contributed by atoms with Gasteiger partial charge in [-0.3, -0.25) is 4.79 Å². The second-order valence-electron chi connectivity index (χ2n) is 6.24. The van der Waals surface area contributed by atoms with Crippen LogP contribution in [0.2, 0.25) is 0 Å². The van der Waals surface area contributed by atoms with Crippen molar-refractivity contribution in [3.8, 4) is 0 Å². The van der Waals surface area contributed by atoms with Gasteiger partial charge in [0, 0.05) is 23.7 Å². The van der Waals surface area contributed by atoms with E-state index in [1.54, 1.807) is 55.5 Å². The molecule has 0 saturated carbocycles. The molecule has 1 amide bonds. The monoisotopic (exact) mass is 399 g/mol. The van der Waals surface area contributed by atoms with Crippen LogP contribution in [0.4, 0.5) is 0 Å². The van der Waals surface area contributed by atoms with E-state index in [1.165, 1.54) is 23.1 Å². The first-order chi connectivity index (χ1) is 13.5. The Balaban J connectivity index is 1.90. The first kappa shape index (κ1) is 19.8. The van der Waals surface area contributed by atoms with Crippen molar-refractivity contribution in [3.05, 3.63) is 77.9 Å². The fourth-order valence-corrected chi connectivity index (χ4v) is 5.08. The summed E-state index contributed by atoms with van der Waals surface area (Å²) in [7, 11) is -3.81. The molecule has 2 aromatic carbocycles. The van der Waals surface area contributed by atoms with Crippen LogP contribution in [-0.4, -0.2) is 38.3 Å². The Kier molecular flexibility index (Phi) is 5.94. The molecule has 6 nitrogen and oxygen atoms in total. The van der Waals surface area contributed by atoms with Crippen LogP contribution in [0.1, 0.15) is 34.6 Å². The Bertz CT molecular complexity index is 998. The molecule has 0 spiro atoms. The van der Waals surface area contributed by atoms with Gasteiger partial charge in [0.25, 0.3) is 5.91 Å². The fourth-order valence-electron chi connectivity index (χ4n) is 3.21. The number of esters is 1. The summed E-state index contributed by atoms with van der Waals surface area (Å²) in [4.78, 5) is 25.8. The van der Waals surface area contributed by atoms with E-state index in [1.807, 2.05) is 0 Å². The van der Waals surface area contributed by atoms with Crippen molar-refractivity contribution in [2.45, 2.75) is 23.6 Å². The highest BCUT2D eigenvalue weighted by molar-refractivity contribution is 7.91. The Morgan fingerprint density at radius 2 is 1.79 bits per heavy atom. The van der Waals surface area contributed by atoms with Gasteiger partial charge in [-0.2, -0.15) is 0 Å². The van der Waals surface area contributed by atoms with Crippen LogP contribution >= 0.6 is 0 Å². The largest absolute Gasteiger partial charge is 0.463 e. The van der Waals surface area contributed by atoms with E-state index in [9.17, 15) is 18.0 Å². The lowest BCUT2D eigenvalue weighted by Crippen LogP contribution is -2.33. The van der Waals surface area contributed by atoms with Gasteiger partial charge in [-0.25, -0.2) is 13.2 Å². The van der Waals surface area contributed by atoms with Crippen molar-refractivity contribution in [2.75, 3.05) is 13.2 Å². The van der Waals surface area contributed by atoms with Crippen molar-refractivity contribution in [1.82, 2.24) is 4.90 Å². The van der Waals surface area contributed by atoms with Crippen LogP contribution in [0, 0.1) is 0 Å². The molecule has 146 valence electrons. The zero-order valence-corrected chi connectivity index (χ0v) is 16.3. The third kappa shape index (κ3) is 3.84. The molecule has 0 saturated heterocycles. The molecular formula is C21H21NO5S. The third-order valence-corrected chi connectivity index (χ3v) is 6.47. The summed E-state index contributed by atoms with van der Waals surface area (Å²) in [6.07, 6.45) is 3.21.